The van der Waals surface area contributed by atoms with E-state index in [9.17, 15) is 28.8 Å². The summed E-state index contributed by atoms with van der Waals surface area (Å²) in [5.74, 6) is -2.75. The fraction of sp³-hybridized carbons (Fsp3) is 0.355. The third-order valence-corrected chi connectivity index (χ3v) is 5.85. The number of carbonyl (C=O) groups is 6. The van der Waals surface area contributed by atoms with E-state index in [4.69, 9.17) is 18.9 Å². The molecule has 0 aromatic heterocycles. The summed E-state index contributed by atoms with van der Waals surface area (Å²) in [7, 11) is 0. The number of carbonyl (C=O) groups excluding carboxylic acids is 6. The average molecular weight is 629 g/mol. The summed E-state index contributed by atoms with van der Waals surface area (Å²) in [5.41, 5.74) is -0.747. The highest BCUT2D eigenvalue weighted by atomic mass is 16.6. The highest BCUT2D eigenvalue weighted by Gasteiger charge is 2.31. The van der Waals surface area contributed by atoms with Gasteiger partial charge in [-0.15, -0.1) is 0 Å². The second kappa shape index (κ2) is 19.0. The van der Waals surface area contributed by atoms with Gasteiger partial charge in [0.15, 0.2) is 0 Å². The van der Waals surface area contributed by atoms with E-state index >= 15 is 0 Å². The number of rotatable bonds is 19. The van der Waals surface area contributed by atoms with Gasteiger partial charge in [-0.25, -0.2) is 28.8 Å². The Kier molecular flexibility index (Phi) is 15.9. The van der Waals surface area contributed by atoms with Gasteiger partial charge in [0.25, 0.3) is 0 Å². The van der Waals surface area contributed by atoms with Crippen molar-refractivity contribution < 1.29 is 47.7 Å². The predicted molar refractivity (Wildman–Crippen MR) is 163 cm³/mol. The number of urea groups is 2. The lowest BCUT2D eigenvalue weighted by Crippen LogP contribution is -2.56. The van der Waals surface area contributed by atoms with Crippen LogP contribution in [0.3, 0.4) is 0 Å². The summed E-state index contributed by atoms with van der Waals surface area (Å²) in [6.45, 7) is 15.9. The summed E-state index contributed by atoms with van der Waals surface area (Å²) in [6, 6.07) is 5.91. The van der Waals surface area contributed by atoms with Crippen LogP contribution in [0, 0.1) is 5.41 Å². The summed E-state index contributed by atoms with van der Waals surface area (Å²) in [5, 5.41) is 10.7. The molecule has 1 aromatic carbocycles. The van der Waals surface area contributed by atoms with Crippen LogP contribution in [0.2, 0.25) is 0 Å². The molecule has 0 saturated carbocycles. The van der Waals surface area contributed by atoms with E-state index in [1.54, 1.807) is 31.2 Å². The monoisotopic (exact) mass is 628 g/mol. The second-order valence-corrected chi connectivity index (χ2v) is 10.3. The Morgan fingerprint density at radius 2 is 1.04 bits per heavy atom. The van der Waals surface area contributed by atoms with Crippen molar-refractivity contribution in [2.75, 3.05) is 33.0 Å². The molecule has 14 nitrogen and oxygen atoms in total. The molecule has 0 aliphatic carbocycles. The normalized spacial score (nSPS) is 10.6. The largest absolute Gasteiger partial charge is 0.462 e. The number of benzene rings is 1. The van der Waals surface area contributed by atoms with E-state index in [0.717, 1.165) is 29.9 Å². The highest BCUT2D eigenvalue weighted by Crippen LogP contribution is 2.17. The van der Waals surface area contributed by atoms with Gasteiger partial charge in [0, 0.05) is 43.9 Å². The van der Waals surface area contributed by atoms with E-state index in [1.165, 1.54) is 6.92 Å². The Labute approximate surface area is 261 Å². The molecule has 0 saturated heterocycles. The van der Waals surface area contributed by atoms with Crippen molar-refractivity contribution in [3.63, 3.8) is 0 Å². The molecule has 1 rings (SSSR count). The standard InChI is InChI=1S/C31H40N4O10/c1-7-24(36)42-18-30(5,19-43-25(37)8-2)17-34-28(40)32-15-22-12-11-13-23(14-22)16-33-29(41)35-31(6,20-44-26(38)9-3)21-45-27(39)10-4/h7-14H,1-4,15-21H2,5-6H3,(H2,32,34,40)(H2,33,35,41). The van der Waals surface area contributed by atoms with E-state index < -0.39 is 46.9 Å². The first-order chi connectivity index (χ1) is 21.3. The maximum absolute atomic E-state index is 12.6. The van der Waals surface area contributed by atoms with Crippen LogP contribution in [0.15, 0.2) is 74.9 Å². The molecule has 0 radical (unpaired) electrons. The molecular weight excluding hydrogens is 588 g/mol. The number of nitrogens with one attached hydrogen (secondary N) is 4. The van der Waals surface area contributed by atoms with E-state index in [1.807, 2.05) is 0 Å². The zero-order valence-electron chi connectivity index (χ0n) is 25.5. The lowest BCUT2D eigenvalue weighted by molar-refractivity contribution is -0.147. The Bertz CT molecular complexity index is 1230. The summed E-state index contributed by atoms with van der Waals surface area (Å²) in [6.07, 6.45) is 3.92. The fourth-order valence-electron chi connectivity index (χ4n) is 3.33. The topological polar surface area (TPSA) is 187 Å². The first-order valence-electron chi connectivity index (χ1n) is 13.6. The molecule has 4 amide bonds. The number of esters is 4. The molecule has 0 aliphatic rings. The average Bonchev–Trinajstić information content (AvgIpc) is 3.04. The summed E-state index contributed by atoms with van der Waals surface area (Å²) < 4.78 is 20.2. The third-order valence-electron chi connectivity index (χ3n) is 5.85. The molecule has 0 fully saturated rings. The number of ether oxygens (including phenoxy) is 4. The quantitative estimate of drug-likeness (QED) is 0.100. The lowest BCUT2D eigenvalue weighted by atomic mass is 9.93. The Balaban J connectivity index is 2.71. The Hall–Kier alpha value is -5.40. The molecule has 0 unspecified atom stereocenters. The molecule has 45 heavy (non-hydrogen) atoms. The van der Waals surface area contributed by atoms with Crippen LogP contribution in [0.5, 0.6) is 0 Å². The van der Waals surface area contributed by atoms with Crippen LogP contribution in [0.4, 0.5) is 9.59 Å². The minimum atomic E-state index is -1.25. The minimum absolute atomic E-state index is 0.00521. The number of amides is 4. The zero-order chi connectivity index (χ0) is 33.9. The Morgan fingerprint density at radius 3 is 1.47 bits per heavy atom. The highest BCUT2D eigenvalue weighted by molar-refractivity contribution is 5.82. The molecule has 0 bridgehead atoms. The van der Waals surface area contributed by atoms with E-state index in [2.05, 4.69) is 47.6 Å². The van der Waals surface area contributed by atoms with Crippen molar-refractivity contribution in [1.29, 1.82) is 0 Å². The molecule has 1 aromatic rings. The van der Waals surface area contributed by atoms with Gasteiger partial charge >= 0.3 is 35.9 Å². The van der Waals surface area contributed by atoms with Gasteiger partial charge in [-0.05, 0) is 18.1 Å². The summed E-state index contributed by atoms with van der Waals surface area (Å²) >= 11 is 0. The van der Waals surface area contributed by atoms with Gasteiger partial charge < -0.3 is 40.2 Å². The molecule has 4 N–H and O–H groups in total. The second-order valence-electron chi connectivity index (χ2n) is 10.3. The fourth-order valence-corrected chi connectivity index (χ4v) is 3.33. The van der Waals surface area contributed by atoms with Crippen LogP contribution >= 0.6 is 0 Å². The SMILES string of the molecule is C=CC(=O)OCC(C)(CNC(=O)NCc1cccc(CNC(=O)NC(C)(COC(=O)C=C)COC(=O)C=C)c1)COC(=O)C=C. The summed E-state index contributed by atoms with van der Waals surface area (Å²) in [4.78, 5) is 71.2. The van der Waals surface area contributed by atoms with Gasteiger partial charge in [0.05, 0.1) is 5.41 Å². The first kappa shape index (κ1) is 37.6. The van der Waals surface area contributed by atoms with Crippen LogP contribution in [-0.2, 0) is 51.2 Å². The van der Waals surface area contributed by atoms with Gasteiger partial charge in [0.2, 0.25) is 0 Å². The minimum Gasteiger partial charge on any atom is -0.462 e. The molecule has 0 spiro atoms. The number of hydrogen-bond acceptors (Lipinski definition) is 10. The van der Waals surface area contributed by atoms with Crippen molar-refractivity contribution in [2.24, 2.45) is 5.41 Å². The molecule has 244 valence electrons. The van der Waals surface area contributed by atoms with Gasteiger partial charge in [-0.3, -0.25) is 0 Å². The molecule has 14 heteroatoms. The maximum atomic E-state index is 12.6. The van der Waals surface area contributed by atoms with Crippen molar-refractivity contribution in [3.05, 3.63) is 86.0 Å². The van der Waals surface area contributed by atoms with Crippen molar-refractivity contribution in [2.45, 2.75) is 32.5 Å². The van der Waals surface area contributed by atoms with Crippen LogP contribution in [-0.4, -0.2) is 74.5 Å². The van der Waals surface area contributed by atoms with Gasteiger partial charge in [-0.2, -0.15) is 0 Å². The molecular formula is C31H40N4O10. The Morgan fingerprint density at radius 1 is 0.644 bits per heavy atom. The van der Waals surface area contributed by atoms with Crippen molar-refractivity contribution in [1.82, 2.24) is 21.3 Å². The maximum Gasteiger partial charge on any atom is 0.330 e. The number of hydrogen-bond donors (Lipinski definition) is 4. The van der Waals surface area contributed by atoms with Gasteiger partial charge in [-0.1, -0.05) is 57.5 Å². The lowest BCUT2D eigenvalue weighted by Gasteiger charge is -2.29. The predicted octanol–water partition coefficient (Wildman–Crippen LogP) is 1.97. The first-order valence-corrected chi connectivity index (χ1v) is 13.6. The molecule has 0 aliphatic heterocycles. The van der Waals surface area contributed by atoms with Crippen molar-refractivity contribution in [3.8, 4) is 0 Å². The van der Waals surface area contributed by atoms with E-state index in [-0.39, 0.29) is 46.1 Å². The van der Waals surface area contributed by atoms with Crippen LogP contribution in [0.1, 0.15) is 25.0 Å². The smallest absolute Gasteiger partial charge is 0.330 e. The van der Waals surface area contributed by atoms with E-state index in [0.29, 0.717) is 5.56 Å². The molecule has 0 atom stereocenters. The van der Waals surface area contributed by atoms with Crippen LogP contribution < -0.4 is 21.3 Å². The third kappa shape index (κ3) is 15.6. The molecule has 0 heterocycles. The van der Waals surface area contributed by atoms with Crippen molar-refractivity contribution >= 4 is 35.9 Å². The zero-order valence-corrected chi connectivity index (χ0v) is 25.5. The van der Waals surface area contributed by atoms with Crippen LogP contribution in [0.25, 0.3) is 0 Å². The van der Waals surface area contributed by atoms with Gasteiger partial charge in [0.1, 0.15) is 32.0 Å².